The predicted octanol–water partition coefficient (Wildman–Crippen LogP) is 3.88. The van der Waals surface area contributed by atoms with Crippen molar-refractivity contribution in [2.45, 2.75) is 26.8 Å². The number of carbonyl (C=O) groups is 1. The van der Waals surface area contributed by atoms with E-state index in [0.29, 0.717) is 26.2 Å². The Kier molecular flexibility index (Phi) is 7.95. The molecule has 1 aromatic heterocycles. The molecule has 1 saturated heterocycles. The number of amidine groups is 2. The molecule has 38 heavy (non-hydrogen) atoms. The molecular formula is C29H35N7O2. The number of aliphatic imine (C=N–C) groups is 2. The Hall–Kier alpha value is -4.40. The van der Waals surface area contributed by atoms with Crippen LogP contribution in [0, 0.1) is 5.41 Å². The summed E-state index contributed by atoms with van der Waals surface area (Å²) in [6, 6.07) is 20.2. The van der Waals surface area contributed by atoms with Crippen molar-refractivity contribution in [2.75, 3.05) is 31.1 Å². The molecule has 9 nitrogen and oxygen atoms in total. The number of benzene rings is 2. The van der Waals surface area contributed by atoms with Gasteiger partial charge in [0.25, 0.3) is 5.91 Å². The predicted molar refractivity (Wildman–Crippen MR) is 152 cm³/mol. The van der Waals surface area contributed by atoms with Gasteiger partial charge in [-0.15, -0.1) is 0 Å². The van der Waals surface area contributed by atoms with Gasteiger partial charge >= 0.3 is 0 Å². The number of amides is 1. The van der Waals surface area contributed by atoms with E-state index in [0.717, 1.165) is 11.4 Å². The number of phenols is 1. The van der Waals surface area contributed by atoms with Crippen LogP contribution in [0.1, 0.15) is 42.7 Å². The number of anilines is 1. The molecule has 0 unspecified atom stereocenters. The van der Waals surface area contributed by atoms with Crippen LogP contribution in [0.2, 0.25) is 0 Å². The average Bonchev–Trinajstić information content (AvgIpc) is 2.92. The van der Waals surface area contributed by atoms with Gasteiger partial charge in [-0.2, -0.15) is 0 Å². The van der Waals surface area contributed by atoms with Crippen molar-refractivity contribution in [1.29, 1.82) is 0 Å². The number of phenolic OH excluding ortho intramolecular Hbond substituents is 1. The summed E-state index contributed by atoms with van der Waals surface area (Å²) in [5.41, 5.74) is 13.6. The number of nitrogens with zero attached hydrogens (tertiary/aromatic N) is 5. The van der Waals surface area contributed by atoms with Crippen LogP contribution in [0.4, 0.5) is 11.5 Å². The monoisotopic (exact) mass is 513 g/mol. The Bertz CT molecular complexity index is 1310. The number of carbonyl (C=O) groups excluding carboxylic acids is 1. The lowest BCUT2D eigenvalue weighted by Crippen LogP contribution is -2.49. The minimum Gasteiger partial charge on any atom is -0.505 e. The van der Waals surface area contributed by atoms with Crippen LogP contribution in [0.25, 0.3) is 0 Å². The minimum absolute atomic E-state index is 0.0287. The zero-order valence-corrected chi connectivity index (χ0v) is 22.1. The number of rotatable bonds is 5. The fraction of sp³-hybridized carbons (Fsp3) is 0.310. The molecule has 0 bridgehead atoms. The topological polar surface area (TPSA) is 133 Å². The summed E-state index contributed by atoms with van der Waals surface area (Å²) in [5.74, 6) is 0.414. The van der Waals surface area contributed by atoms with Gasteiger partial charge in [-0.25, -0.2) is 9.98 Å². The summed E-state index contributed by atoms with van der Waals surface area (Å²) in [7, 11) is 0. The minimum atomic E-state index is -0.266. The van der Waals surface area contributed by atoms with Crippen LogP contribution in [0.5, 0.6) is 5.75 Å². The number of piperazine rings is 1. The molecule has 0 spiro atoms. The highest BCUT2D eigenvalue weighted by Gasteiger charge is 2.27. The van der Waals surface area contributed by atoms with Crippen LogP contribution in [-0.2, 0) is 0 Å². The van der Waals surface area contributed by atoms with Gasteiger partial charge in [0.15, 0.2) is 17.4 Å². The first-order valence-corrected chi connectivity index (χ1v) is 12.6. The summed E-state index contributed by atoms with van der Waals surface area (Å²) >= 11 is 0. The molecule has 0 saturated carbocycles. The Morgan fingerprint density at radius 3 is 2.24 bits per heavy atom. The van der Waals surface area contributed by atoms with E-state index < -0.39 is 0 Å². The third-order valence-electron chi connectivity index (χ3n) is 6.49. The summed E-state index contributed by atoms with van der Waals surface area (Å²) in [6.07, 6.45) is 1.75. The molecule has 1 fully saturated rings. The molecule has 2 aromatic carbocycles. The first-order valence-electron chi connectivity index (χ1n) is 12.6. The van der Waals surface area contributed by atoms with Crippen molar-refractivity contribution in [3.05, 3.63) is 84.1 Å². The highest BCUT2D eigenvalue weighted by Crippen LogP contribution is 2.36. The van der Waals surface area contributed by atoms with Gasteiger partial charge in [0.1, 0.15) is 11.5 Å². The second-order valence-corrected chi connectivity index (χ2v) is 10.3. The van der Waals surface area contributed by atoms with Crippen LogP contribution in [0.15, 0.2) is 82.9 Å². The molecule has 1 amide bonds. The quantitative estimate of drug-likeness (QED) is 0.350. The molecule has 3 aromatic rings. The maximum Gasteiger partial charge on any atom is 0.257 e. The molecule has 0 aliphatic carbocycles. The molecule has 0 radical (unpaired) electrons. The van der Waals surface area contributed by atoms with Crippen molar-refractivity contribution in [1.82, 2.24) is 9.88 Å². The standard InChI is InChI=1S/C29H35N7O2/c1-29(2,3)25(20-10-5-4-6-11-20)34-27(31)26(30)33-22-13-9-12-21(24(22)37)28(38)36-18-16-35(17-19-36)23-14-7-8-15-32-23/h4-15,25,37H,16-19H2,1-3H3,(H2,30,33)(H2,31,34)/t25-/m0/s1. The lowest BCUT2D eigenvalue weighted by Gasteiger charge is -2.35. The fourth-order valence-electron chi connectivity index (χ4n) is 4.44. The summed E-state index contributed by atoms with van der Waals surface area (Å²) in [5, 5.41) is 10.9. The van der Waals surface area contributed by atoms with Gasteiger partial charge in [0.05, 0.1) is 11.6 Å². The van der Waals surface area contributed by atoms with E-state index >= 15 is 0 Å². The zero-order valence-electron chi connectivity index (χ0n) is 22.1. The number of para-hydroxylation sites is 1. The highest BCUT2D eigenvalue weighted by atomic mass is 16.3. The molecule has 1 aliphatic heterocycles. The van der Waals surface area contributed by atoms with E-state index in [4.69, 9.17) is 11.5 Å². The van der Waals surface area contributed by atoms with Crippen LogP contribution >= 0.6 is 0 Å². The van der Waals surface area contributed by atoms with Gasteiger partial charge in [-0.1, -0.05) is 63.2 Å². The van der Waals surface area contributed by atoms with E-state index in [-0.39, 0.29) is 46.0 Å². The molecular weight excluding hydrogens is 478 g/mol. The van der Waals surface area contributed by atoms with E-state index in [9.17, 15) is 9.90 Å². The largest absolute Gasteiger partial charge is 0.505 e. The molecule has 4 rings (SSSR count). The SMILES string of the molecule is CC(C)(C)[C@@H](N=C(N)C(N)=Nc1cccc(C(=O)N2CCN(c3ccccn3)CC2)c1O)c1ccccc1. The van der Waals surface area contributed by atoms with E-state index in [1.165, 1.54) is 0 Å². The van der Waals surface area contributed by atoms with E-state index in [1.54, 1.807) is 29.3 Å². The maximum absolute atomic E-state index is 13.3. The van der Waals surface area contributed by atoms with Gasteiger partial charge in [0, 0.05) is 32.4 Å². The Balaban J connectivity index is 1.52. The van der Waals surface area contributed by atoms with E-state index in [1.807, 2.05) is 48.5 Å². The third kappa shape index (κ3) is 6.11. The number of hydrogen-bond donors (Lipinski definition) is 3. The van der Waals surface area contributed by atoms with Gasteiger partial charge < -0.3 is 26.4 Å². The maximum atomic E-state index is 13.3. The lowest BCUT2D eigenvalue weighted by molar-refractivity contribution is 0.0743. The second-order valence-electron chi connectivity index (χ2n) is 10.3. The van der Waals surface area contributed by atoms with Gasteiger partial charge in [-0.3, -0.25) is 9.79 Å². The fourth-order valence-corrected chi connectivity index (χ4v) is 4.44. The van der Waals surface area contributed by atoms with Crippen LogP contribution < -0.4 is 16.4 Å². The average molecular weight is 514 g/mol. The lowest BCUT2D eigenvalue weighted by atomic mass is 9.83. The molecule has 9 heteroatoms. The molecule has 2 heterocycles. The highest BCUT2D eigenvalue weighted by molar-refractivity contribution is 6.39. The van der Waals surface area contributed by atoms with Crippen molar-refractivity contribution in [2.24, 2.45) is 26.9 Å². The first kappa shape index (κ1) is 26.7. The van der Waals surface area contributed by atoms with Crippen molar-refractivity contribution in [3.63, 3.8) is 0 Å². The Morgan fingerprint density at radius 2 is 1.61 bits per heavy atom. The number of pyridine rings is 1. The van der Waals surface area contributed by atoms with Crippen LogP contribution in [-0.4, -0.2) is 58.7 Å². The molecule has 1 atom stereocenters. The van der Waals surface area contributed by atoms with Crippen molar-refractivity contribution < 1.29 is 9.90 Å². The van der Waals surface area contributed by atoms with Crippen LogP contribution in [0.3, 0.4) is 0 Å². The summed E-state index contributed by atoms with van der Waals surface area (Å²) < 4.78 is 0. The number of hydrogen-bond acceptors (Lipinski definition) is 6. The Labute approximate surface area is 223 Å². The molecule has 1 aliphatic rings. The third-order valence-corrected chi connectivity index (χ3v) is 6.49. The zero-order chi connectivity index (χ0) is 27.3. The number of aromatic hydroxyl groups is 1. The molecule has 5 N–H and O–H groups in total. The first-order chi connectivity index (χ1) is 18.1. The second kappa shape index (κ2) is 11.3. The summed E-state index contributed by atoms with van der Waals surface area (Å²) in [4.78, 5) is 30.5. The van der Waals surface area contributed by atoms with E-state index in [2.05, 4.69) is 40.6 Å². The van der Waals surface area contributed by atoms with Gasteiger partial charge in [-0.05, 0) is 35.2 Å². The summed E-state index contributed by atoms with van der Waals surface area (Å²) in [6.45, 7) is 8.55. The van der Waals surface area contributed by atoms with Gasteiger partial charge in [0.2, 0.25) is 0 Å². The van der Waals surface area contributed by atoms with Crippen molar-refractivity contribution >= 4 is 29.1 Å². The van der Waals surface area contributed by atoms with Crippen molar-refractivity contribution in [3.8, 4) is 5.75 Å². The normalized spacial score (nSPS) is 15.9. The molecule has 198 valence electrons. The Morgan fingerprint density at radius 1 is 0.921 bits per heavy atom. The smallest absolute Gasteiger partial charge is 0.257 e. The number of nitrogens with two attached hydrogens (primary N) is 2. The number of aromatic nitrogens is 1.